The monoisotopic (exact) mass is 309 g/mol. The molecule has 0 aliphatic carbocycles. The van der Waals surface area contributed by atoms with Crippen LogP contribution >= 0.6 is 15.9 Å². The molecule has 2 aliphatic rings. The minimum absolute atomic E-state index is 0.0508. The Bertz CT molecular complexity index is 464. The molecule has 0 amide bonds. The summed E-state index contributed by atoms with van der Waals surface area (Å²) in [5, 5.41) is 3.43. The van der Waals surface area contributed by atoms with Crippen LogP contribution in [0.15, 0.2) is 16.6 Å². The molecule has 1 aromatic rings. The Hall–Kier alpha value is -0.540. The fourth-order valence-corrected chi connectivity index (χ4v) is 3.66. The third-order valence-corrected chi connectivity index (χ3v) is 4.39. The highest BCUT2D eigenvalue weighted by Gasteiger charge is 2.34. The molecule has 0 radical (unpaired) electrons. The lowest BCUT2D eigenvalue weighted by atomic mass is 9.88. The second-order valence-corrected chi connectivity index (χ2v) is 6.96. The number of nitrogens with one attached hydrogen (secondary N) is 1. The summed E-state index contributed by atoms with van der Waals surface area (Å²) in [5.74, 6) is 1.81. The standard InChI is InChI=1S/C15H20BrNO/c1-15(2)9-11-7-12(16)8-13(14(11)18-15)10-3-5-17-6-4-10/h7-8,10,17H,3-6,9H2,1-2H3. The van der Waals surface area contributed by atoms with Gasteiger partial charge in [0.15, 0.2) is 0 Å². The molecule has 2 nitrogen and oxygen atoms in total. The molecule has 1 N–H and O–H groups in total. The van der Waals surface area contributed by atoms with Crippen molar-refractivity contribution in [1.82, 2.24) is 5.32 Å². The maximum absolute atomic E-state index is 6.19. The van der Waals surface area contributed by atoms with E-state index >= 15 is 0 Å². The van der Waals surface area contributed by atoms with E-state index in [1.165, 1.54) is 28.4 Å². The van der Waals surface area contributed by atoms with Crippen LogP contribution < -0.4 is 10.1 Å². The fourth-order valence-electron chi connectivity index (χ4n) is 3.14. The molecule has 0 saturated carbocycles. The number of hydrogen-bond acceptors (Lipinski definition) is 2. The Kier molecular flexibility index (Phi) is 3.15. The first-order valence-electron chi connectivity index (χ1n) is 6.77. The topological polar surface area (TPSA) is 21.3 Å². The molecule has 0 aromatic heterocycles. The minimum atomic E-state index is -0.0508. The number of benzene rings is 1. The first kappa shape index (κ1) is 12.5. The van der Waals surface area contributed by atoms with E-state index in [0.29, 0.717) is 5.92 Å². The lowest BCUT2D eigenvalue weighted by Crippen LogP contribution is -2.27. The van der Waals surface area contributed by atoms with Crippen molar-refractivity contribution >= 4 is 15.9 Å². The Labute approximate surface area is 117 Å². The number of fused-ring (bicyclic) bond motifs is 1. The van der Waals surface area contributed by atoms with Crippen LogP contribution in [0.25, 0.3) is 0 Å². The zero-order chi connectivity index (χ0) is 12.8. The number of ether oxygens (including phenoxy) is 1. The van der Waals surface area contributed by atoms with Gasteiger partial charge < -0.3 is 10.1 Å². The van der Waals surface area contributed by atoms with Crippen molar-refractivity contribution in [2.75, 3.05) is 13.1 Å². The third kappa shape index (κ3) is 2.30. The Morgan fingerprint density at radius 2 is 2.00 bits per heavy atom. The van der Waals surface area contributed by atoms with Gasteiger partial charge in [-0.1, -0.05) is 15.9 Å². The Balaban J connectivity index is 2.00. The predicted molar refractivity (Wildman–Crippen MR) is 77.4 cm³/mol. The van der Waals surface area contributed by atoms with Crippen molar-refractivity contribution in [3.63, 3.8) is 0 Å². The van der Waals surface area contributed by atoms with Crippen LogP contribution in [0.4, 0.5) is 0 Å². The summed E-state index contributed by atoms with van der Waals surface area (Å²) in [6, 6.07) is 4.48. The number of piperidine rings is 1. The molecule has 0 unspecified atom stereocenters. The first-order valence-corrected chi connectivity index (χ1v) is 7.56. The molecule has 1 saturated heterocycles. The van der Waals surface area contributed by atoms with E-state index in [1.807, 2.05) is 0 Å². The normalized spacial score (nSPS) is 22.6. The smallest absolute Gasteiger partial charge is 0.127 e. The van der Waals surface area contributed by atoms with Crippen molar-refractivity contribution in [2.45, 2.75) is 44.6 Å². The van der Waals surface area contributed by atoms with E-state index in [9.17, 15) is 0 Å². The van der Waals surface area contributed by atoms with Gasteiger partial charge in [0.05, 0.1) is 0 Å². The summed E-state index contributed by atoms with van der Waals surface area (Å²) in [5.41, 5.74) is 2.72. The largest absolute Gasteiger partial charge is 0.487 e. The summed E-state index contributed by atoms with van der Waals surface area (Å²) in [7, 11) is 0. The molecule has 98 valence electrons. The third-order valence-electron chi connectivity index (χ3n) is 3.93. The van der Waals surface area contributed by atoms with Gasteiger partial charge in [-0.25, -0.2) is 0 Å². The van der Waals surface area contributed by atoms with Gasteiger partial charge in [0.2, 0.25) is 0 Å². The fraction of sp³-hybridized carbons (Fsp3) is 0.600. The quantitative estimate of drug-likeness (QED) is 0.855. The molecule has 0 atom stereocenters. The zero-order valence-electron chi connectivity index (χ0n) is 11.1. The highest BCUT2D eigenvalue weighted by Crippen LogP contribution is 2.44. The van der Waals surface area contributed by atoms with Crippen LogP contribution in [0, 0.1) is 0 Å². The van der Waals surface area contributed by atoms with Crippen molar-refractivity contribution in [3.8, 4) is 5.75 Å². The molecule has 1 aromatic carbocycles. The SMILES string of the molecule is CC1(C)Cc2cc(Br)cc(C3CCNCC3)c2O1. The first-order chi connectivity index (χ1) is 8.55. The molecule has 18 heavy (non-hydrogen) atoms. The second kappa shape index (κ2) is 4.53. The van der Waals surface area contributed by atoms with Crippen LogP contribution in [-0.2, 0) is 6.42 Å². The molecule has 0 bridgehead atoms. The summed E-state index contributed by atoms with van der Waals surface area (Å²) >= 11 is 3.65. The average Bonchev–Trinajstić information content (AvgIpc) is 2.63. The molecule has 3 rings (SSSR count). The minimum Gasteiger partial charge on any atom is -0.487 e. The van der Waals surface area contributed by atoms with Gasteiger partial charge in [-0.3, -0.25) is 0 Å². The van der Waals surface area contributed by atoms with Gasteiger partial charge in [-0.2, -0.15) is 0 Å². The van der Waals surface area contributed by atoms with Gasteiger partial charge >= 0.3 is 0 Å². The molecular weight excluding hydrogens is 290 g/mol. The van der Waals surface area contributed by atoms with Gasteiger partial charge in [0.25, 0.3) is 0 Å². The summed E-state index contributed by atoms with van der Waals surface area (Å²) in [6.45, 7) is 6.59. The van der Waals surface area contributed by atoms with Gasteiger partial charge in [0, 0.05) is 10.9 Å². The zero-order valence-corrected chi connectivity index (χ0v) is 12.6. The molecule has 0 spiro atoms. The van der Waals surface area contributed by atoms with Crippen molar-refractivity contribution < 1.29 is 4.74 Å². The Morgan fingerprint density at radius 3 is 2.72 bits per heavy atom. The van der Waals surface area contributed by atoms with E-state index in [-0.39, 0.29) is 5.60 Å². The molecule has 2 aliphatic heterocycles. The summed E-state index contributed by atoms with van der Waals surface area (Å²) in [4.78, 5) is 0. The van der Waals surface area contributed by atoms with Crippen molar-refractivity contribution in [1.29, 1.82) is 0 Å². The van der Waals surface area contributed by atoms with E-state index in [0.717, 1.165) is 25.3 Å². The van der Waals surface area contributed by atoms with E-state index in [4.69, 9.17) is 4.74 Å². The maximum atomic E-state index is 6.19. The summed E-state index contributed by atoms with van der Waals surface area (Å²) in [6.07, 6.45) is 3.44. The van der Waals surface area contributed by atoms with E-state index in [2.05, 4.69) is 47.2 Å². The number of rotatable bonds is 1. The molecule has 2 heterocycles. The number of hydrogen-bond donors (Lipinski definition) is 1. The van der Waals surface area contributed by atoms with Crippen LogP contribution in [-0.4, -0.2) is 18.7 Å². The van der Waals surface area contributed by atoms with Crippen molar-refractivity contribution in [2.24, 2.45) is 0 Å². The second-order valence-electron chi connectivity index (χ2n) is 6.05. The predicted octanol–water partition coefficient (Wildman–Crippen LogP) is 3.63. The Morgan fingerprint density at radius 1 is 1.28 bits per heavy atom. The van der Waals surface area contributed by atoms with Gasteiger partial charge in [-0.05, 0) is 69.0 Å². The average molecular weight is 310 g/mol. The van der Waals surface area contributed by atoms with E-state index in [1.54, 1.807) is 0 Å². The molecule has 3 heteroatoms. The highest BCUT2D eigenvalue weighted by molar-refractivity contribution is 9.10. The lowest BCUT2D eigenvalue weighted by Gasteiger charge is -2.26. The van der Waals surface area contributed by atoms with Crippen LogP contribution in [0.2, 0.25) is 0 Å². The van der Waals surface area contributed by atoms with Crippen LogP contribution in [0.3, 0.4) is 0 Å². The van der Waals surface area contributed by atoms with Crippen LogP contribution in [0.5, 0.6) is 5.75 Å². The van der Waals surface area contributed by atoms with Gasteiger partial charge in [-0.15, -0.1) is 0 Å². The highest BCUT2D eigenvalue weighted by atomic mass is 79.9. The summed E-state index contributed by atoms with van der Waals surface area (Å²) < 4.78 is 7.38. The van der Waals surface area contributed by atoms with Crippen molar-refractivity contribution in [3.05, 3.63) is 27.7 Å². The van der Waals surface area contributed by atoms with Crippen LogP contribution in [0.1, 0.15) is 43.7 Å². The lowest BCUT2D eigenvalue weighted by molar-refractivity contribution is 0.136. The molecule has 1 fully saturated rings. The van der Waals surface area contributed by atoms with Gasteiger partial charge in [0.1, 0.15) is 11.4 Å². The molecular formula is C15H20BrNO. The maximum Gasteiger partial charge on any atom is 0.127 e. The number of halogens is 1. The van der Waals surface area contributed by atoms with E-state index < -0.39 is 0 Å².